The number of hydrogen-bond acceptors (Lipinski definition) is 3. The van der Waals surface area contributed by atoms with Crippen LogP contribution in [0.15, 0.2) is 41.6 Å². The first kappa shape index (κ1) is 10.4. The zero-order valence-corrected chi connectivity index (χ0v) is 10.2. The summed E-state index contributed by atoms with van der Waals surface area (Å²) in [5.41, 5.74) is 4.09. The van der Waals surface area contributed by atoms with Gasteiger partial charge < -0.3 is 4.98 Å². The van der Waals surface area contributed by atoms with Gasteiger partial charge in [0.15, 0.2) is 0 Å². The number of nitrogens with one attached hydrogen (secondary N) is 1. The molecule has 2 heterocycles. The fourth-order valence-electron chi connectivity index (χ4n) is 1.86. The molecule has 17 heavy (non-hydrogen) atoms. The second-order valence-corrected chi connectivity index (χ2v) is 4.41. The number of nitrogens with zero attached hydrogens (tertiary/aromatic N) is 2. The molecule has 3 aromatic rings. The molecule has 1 N–H and O–H groups in total. The second kappa shape index (κ2) is 3.89. The van der Waals surface area contributed by atoms with E-state index in [4.69, 9.17) is 0 Å². The molecule has 0 aliphatic heterocycles. The minimum atomic E-state index is 0.862. The van der Waals surface area contributed by atoms with Gasteiger partial charge in [0.25, 0.3) is 0 Å². The number of pyridine rings is 1. The van der Waals surface area contributed by atoms with Crippen molar-refractivity contribution in [1.29, 1.82) is 0 Å². The van der Waals surface area contributed by atoms with Crippen LogP contribution in [0.2, 0.25) is 0 Å². The van der Waals surface area contributed by atoms with Gasteiger partial charge in [-0.15, -0.1) is 12.6 Å². The van der Waals surface area contributed by atoms with Gasteiger partial charge in [-0.25, -0.2) is 4.98 Å². The van der Waals surface area contributed by atoms with E-state index in [1.807, 2.05) is 31.2 Å². The highest BCUT2D eigenvalue weighted by Gasteiger charge is 2.08. The van der Waals surface area contributed by atoms with E-state index >= 15 is 0 Å². The van der Waals surface area contributed by atoms with E-state index in [1.54, 1.807) is 12.4 Å². The molecule has 0 bridgehead atoms. The van der Waals surface area contributed by atoms with Gasteiger partial charge in [-0.05, 0) is 24.6 Å². The van der Waals surface area contributed by atoms with Crippen molar-refractivity contribution in [3.63, 3.8) is 0 Å². The highest BCUT2D eigenvalue weighted by atomic mass is 32.1. The minimum Gasteiger partial charge on any atom is -0.337 e. The molecule has 0 unspecified atom stereocenters. The Balaban J connectivity index is 2.24. The highest BCUT2D eigenvalue weighted by molar-refractivity contribution is 7.80. The molecule has 0 saturated carbocycles. The van der Waals surface area contributed by atoms with Crippen LogP contribution in [0.3, 0.4) is 0 Å². The van der Waals surface area contributed by atoms with Gasteiger partial charge in [-0.3, -0.25) is 4.98 Å². The summed E-state index contributed by atoms with van der Waals surface area (Å²) in [7, 11) is 0. The lowest BCUT2D eigenvalue weighted by Gasteiger charge is -2.04. The standard InChI is InChI=1S/C13H11N3S/c1-8-9(3-2-4-12(8)17)13-15-10-5-6-14-7-11(10)16-13/h2-7,17H,1H3,(H,15,16). The van der Waals surface area contributed by atoms with E-state index in [2.05, 4.69) is 27.6 Å². The third-order valence-corrected chi connectivity index (χ3v) is 3.33. The van der Waals surface area contributed by atoms with Crippen LogP contribution in [-0.4, -0.2) is 15.0 Å². The Morgan fingerprint density at radius 2 is 2.12 bits per heavy atom. The molecule has 0 radical (unpaired) electrons. The predicted molar refractivity (Wildman–Crippen MR) is 71.3 cm³/mol. The first-order chi connectivity index (χ1) is 8.25. The van der Waals surface area contributed by atoms with Crippen molar-refractivity contribution in [2.24, 2.45) is 0 Å². The van der Waals surface area contributed by atoms with Crippen LogP contribution < -0.4 is 0 Å². The summed E-state index contributed by atoms with van der Waals surface area (Å²) in [6.45, 7) is 2.04. The zero-order valence-electron chi connectivity index (χ0n) is 9.31. The third-order valence-electron chi connectivity index (χ3n) is 2.84. The van der Waals surface area contributed by atoms with Crippen molar-refractivity contribution in [2.75, 3.05) is 0 Å². The first-order valence-electron chi connectivity index (χ1n) is 5.34. The summed E-state index contributed by atoms with van der Waals surface area (Å²) in [5, 5.41) is 0. The summed E-state index contributed by atoms with van der Waals surface area (Å²) < 4.78 is 0. The number of fused-ring (bicyclic) bond motifs is 1. The molecular weight excluding hydrogens is 230 g/mol. The van der Waals surface area contributed by atoms with Gasteiger partial charge in [0, 0.05) is 16.7 Å². The number of imidazole rings is 1. The molecule has 0 saturated heterocycles. The Bertz CT molecular complexity index is 655. The van der Waals surface area contributed by atoms with Crippen LogP contribution in [-0.2, 0) is 0 Å². The molecule has 0 aliphatic rings. The summed E-state index contributed by atoms with van der Waals surface area (Å²) in [6, 6.07) is 7.90. The molecule has 3 nitrogen and oxygen atoms in total. The first-order valence-corrected chi connectivity index (χ1v) is 5.79. The molecule has 0 atom stereocenters. The summed E-state index contributed by atoms with van der Waals surface area (Å²) in [5.74, 6) is 0.862. The Kier molecular flexibility index (Phi) is 2.37. The Hall–Kier alpha value is -1.81. The molecule has 0 amide bonds. The van der Waals surface area contributed by atoms with Crippen molar-refractivity contribution >= 4 is 23.7 Å². The fraction of sp³-hybridized carbons (Fsp3) is 0.0769. The van der Waals surface area contributed by atoms with Crippen LogP contribution >= 0.6 is 12.6 Å². The lowest BCUT2D eigenvalue weighted by molar-refractivity contribution is 1.25. The van der Waals surface area contributed by atoms with E-state index in [0.29, 0.717) is 0 Å². The largest absolute Gasteiger partial charge is 0.337 e. The summed E-state index contributed by atoms with van der Waals surface area (Å²) in [4.78, 5) is 12.9. The third kappa shape index (κ3) is 1.70. The normalized spacial score (nSPS) is 10.9. The van der Waals surface area contributed by atoms with Gasteiger partial charge in [-0.1, -0.05) is 12.1 Å². The van der Waals surface area contributed by atoms with Crippen molar-refractivity contribution < 1.29 is 0 Å². The summed E-state index contributed by atoms with van der Waals surface area (Å²) >= 11 is 4.43. The molecule has 0 aliphatic carbocycles. The monoisotopic (exact) mass is 241 g/mol. The van der Waals surface area contributed by atoms with Crippen LogP contribution in [0.5, 0.6) is 0 Å². The maximum atomic E-state index is 4.56. The molecular formula is C13H11N3S. The van der Waals surface area contributed by atoms with Crippen LogP contribution in [0.4, 0.5) is 0 Å². The number of benzene rings is 1. The number of rotatable bonds is 1. The minimum absolute atomic E-state index is 0.862. The Morgan fingerprint density at radius 3 is 2.94 bits per heavy atom. The molecule has 1 aromatic carbocycles. The van der Waals surface area contributed by atoms with Crippen molar-refractivity contribution in [1.82, 2.24) is 15.0 Å². The maximum Gasteiger partial charge on any atom is 0.138 e. The quantitative estimate of drug-likeness (QED) is 0.642. The zero-order chi connectivity index (χ0) is 11.8. The molecule has 3 rings (SSSR count). The Labute approximate surface area is 104 Å². The fourth-order valence-corrected chi connectivity index (χ4v) is 2.07. The second-order valence-electron chi connectivity index (χ2n) is 3.93. The number of thiol groups is 1. The molecule has 0 spiro atoms. The average Bonchev–Trinajstić information content (AvgIpc) is 2.76. The van der Waals surface area contributed by atoms with Crippen LogP contribution in [0, 0.1) is 6.92 Å². The predicted octanol–water partition coefficient (Wildman–Crippen LogP) is 3.22. The smallest absolute Gasteiger partial charge is 0.138 e. The van der Waals surface area contributed by atoms with E-state index in [-0.39, 0.29) is 0 Å². The lowest BCUT2D eigenvalue weighted by atomic mass is 10.1. The van der Waals surface area contributed by atoms with Crippen molar-refractivity contribution in [2.45, 2.75) is 11.8 Å². The lowest BCUT2D eigenvalue weighted by Crippen LogP contribution is -1.86. The van der Waals surface area contributed by atoms with Crippen molar-refractivity contribution in [3.8, 4) is 11.4 Å². The Morgan fingerprint density at radius 1 is 1.24 bits per heavy atom. The van der Waals surface area contributed by atoms with Gasteiger partial charge in [0.1, 0.15) is 5.82 Å². The molecule has 84 valence electrons. The van der Waals surface area contributed by atoms with E-state index < -0.39 is 0 Å². The summed E-state index contributed by atoms with van der Waals surface area (Å²) in [6.07, 6.45) is 3.53. The number of hydrogen-bond donors (Lipinski definition) is 2. The molecule has 2 aromatic heterocycles. The highest BCUT2D eigenvalue weighted by Crippen LogP contribution is 2.26. The maximum absolute atomic E-state index is 4.56. The van der Waals surface area contributed by atoms with E-state index in [0.717, 1.165) is 32.9 Å². The van der Waals surface area contributed by atoms with Crippen LogP contribution in [0.25, 0.3) is 22.4 Å². The molecule has 0 fully saturated rings. The van der Waals surface area contributed by atoms with Crippen molar-refractivity contribution in [3.05, 3.63) is 42.2 Å². The number of aromatic amines is 1. The average molecular weight is 241 g/mol. The number of aromatic nitrogens is 3. The van der Waals surface area contributed by atoms with Crippen LogP contribution in [0.1, 0.15) is 5.56 Å². The van der Waals surface area contributed by atoms with Gasteiger partial charge in [0.05, 0.1) is 17.2 Å². The topological polar surface area (TPSA) is 41.6 Å². The SMILES string of the molecule is Cc1c(S)cccc1-c1nc2ccncc2[nH]1. The molecule has 4 heteroatoms. The van der Waals surface area contributed by atoms with E-state index in [1.165, 1.54) is 0 Å². The van der Waals surface area contributed by atoms with Gasteiger partial charge in [0.2, 0.25) is 0 Å². The van der Waals surface area contributed by atoms with Gasteiger partial charge >= 0.3 is 0 Å². The van der Waals surface area contributed by atoms with Gasteiger partial charge in [-0.2, -0.15) is 0 Å². The van der Waals surface area contributed by atoms with E-state index in [9.17, 15) is 0 Å². The number of H-pyrrole nitrogens is 1.